The molecule has 0 aromatic carbocycles. The number of guanidine groups is 1. The zero-order chi connectivity index (χ0) is 17.9. The van der Waals surface area contributed by atoms with Crippen molar-refractivity contribution < 1.29 is 0 Å². The van der Waals surface area contributed by atoms with Gasteiger partial charge in [0.05, 0.1) is 0 Å². The molecule has 0 radical (unpaired) electrons. The highest BCUT2D eigenvalue weighted by Crippen LogP contribution is 2.10. The second-order valence-corrected chi connectivity index (χ2v) is 8.12. The number of piperazine rings is 1. The fraction of sp³-hybridized carbons (Fsp3) is 0.950. The van der Waals surface area contributed by atoms with Crippen molar-refractivity contribution in [3.05, 3.63) is 0 Å². The summed E-state index contributed by atoms with van der Waals surface area (Å²) in [7, 11) is 1.92. The van der Waals surface area contributed by atoms with E-state index in [0.29, 0.717) is 0 Å². The van der Waals surface area contributed by atoms with Crippen molar-refractivity contribution in [2.45, 2.75) is 52.4 Å². The van der Waals surface area contributed by atoms with Gasteiger partial charge in [-0.25, -0.2) is 0 Å². The van der Waals surface area contributed by atoms with Gasteiger partial charge in [-0.3, -0.25) is 9.89 Å². The Balaban J connectivity index is 0.00000338. The molecule has 26 heavy (non-hydrogen) atoms. The number of nitrogens with one attached hydrogen (secondary N) is 1. The third kappa shape index (κ3) is 9.22. The topological polar surface area (TPSA) is 34.1 Å². The third-order valence-electron chi connectivity index (χ3n) is 5.39. The maximum atomic E-state index is 4.49. The first-order chi connectivity index (χ1) is 12.2. The number of likely N-dealkylation sites (tertiary alicyclic amines) is 1. The summed E-state index contributed by atoms with van der Waals surface area (Å²) in [6, 6.07) is 0. The number of halogens is 1. The Labute approximate surface area is 179 Å². The van der Waals surface area contributed by atoms with Gasteiger partial charge >= 0.3 is 0 Å². The minimum Gasteiger partial charge on any atom is -0.356 e. The van der Waals surface area contributed by atoms with E-state index < -0.39 is 0 Å². The maximum Gasteiger partial charge on any atom is 0.193 e. The molecule has 0 aromatic heterocycles. The number of rotatable bonds is 8. The molecule has 0 aromatic rings. The standard InChI is InChI=1S/C20H41N5.HI/c1-19(2)18-24-14-16-25(17-15-24)20(21-3)22-10-6-4-7-11-23-12-8-5-9-13-23;/h19H,4-18H2,1-3H3,(H,21,22);1H. The Morgan fingerprint density at radius 3 is 2.19 bits per heavy atom. The molecule has 154 valence electrons. The van der Waals surface area contributed by atoms with Crippen LogP contribution < -0.4 is 5.32 Å². The second kappa shape index (κ2) is 14.0. The summed E-state index contributed by atoms with van der Waals surface area (Å²) in [6.07, 6.45) is 8.16. The summed E-state index contributed by atoms with van der Waals surface area (Å²) in [5, 5.41) is 3.58. The van der Waals surface area contributed by atoms with Crippen LogP contribution >= 0.6 is 24.0 Å². The van der Waals surface area contributed by atoms with E-state index in [2.05, 4.69) is 38.9 Å². The SMILES string of the molecule is CN=C(NCCCCCN1CCCCC1)N1CCN(CC(C)C)CC1.I. The molecule has 6 heteroatoms. The van der Waals surface area contributed by atoms with Gasteiger partial charge in [-0.15, -0.1) is 24.0 Å². The molecule has 2 heterocycles. The van der Waals surface area contributed by atoms with E-state index in [0.717, 1.165) is 44.6 Å². The Morgan fingerprint density at radius 1 is 0.885 bits per heavy atom. The summed E-state index contributed by atoms with van der Waals surface area (Å²) in [5.74, 6) is 1.86. The fourth-order valence-electron chi connectivity index (χ4n) is 4.01. The van der Waals surface area contributed by atoms with Gasteiger partial charge in [-0.1, -0.05) is 26.7 Å². The predicted molar refractivity (Wildman–Crippen MR) is 124 cm³/mol. The number of piperidine rings is 1. The zero-order valence-electron chi connectivity index (χ0n) is 17.4. The molecule has 2 aliphatic rings. The smallest absolute Gasteiger partial charge is 0.193 e. The van der Waals surface area contributed by atoms with Crippen LogP contribution in [-0.4, -0.2) is 86.6 Å². The summed E-state index contributed by atoms with van der Waals surface area (Å²) < 4.78 is 0. The molecule has 0 unspecified atom stereocenters. The Kier molecular flexibility index (Phi) is 12.9. The molecular weight excluding hydrogens is 437 g/mol. The minimum atomic E-state index is 0. The van der Waals surface area contributed by atoms with E-state index in [4.69, 9.17) is 0 Å². The van der Waals surface area contributed by atoms with Gasteiger partial charge in [0.25, 0.3) is 0 Å². The molecule has 2 saturated heterocycles. The quantitative estimate of drug-likeness (QED) is 0.251. The average molecular weight is 479 g/mol. The highest BCUT2D eigenvalue weighted by molar-refractivity contribution is 14.0. The largest absolute Gasteiger partial charge is 0.356 e. The van der Waals surface area contributed by atoms with Crippen molar-refractivity contribution in [1.29, 1.82) is 0 Å². The van der Waals surface area contributed by atoms with E-state index in [-0.39, 0.29) is 24.0 Å². The van der Waals surface area contributed by atoms with Crippen LogP contribution in [0.5, 0.6) is 0 Å². The first kappa shape index (κ1) is 24.0. The Hall–Kier alpha value is -0.0800. The van der Waals surface area contributed by atoms with Crippen LogP contribution in [0.25, 0.3) is 0 Å². The molecular formula is C20H42IN5. The van der Waals surface area contributed by atoms with E-state index >= 15 is 0 Å². The number of nitrogens with zero attached hydrogens (tertiary/aromatic N) is 4. The second-order valence-electron chi connectivity index (χ2n) is 8.12. The first-order valence-corrected chi connectivity index (χ1v) is 10.6. The minimum absolute atomic E-state index is 0. The lowest BCUT2D eigenvalue weighted by molar-refractivity contribution is 0.164. The monoisotopic (exact) mass is 479 g/mol. The lowest BCUT2D eigenvalue weighted by Gasteiger charge is -2.37. The Bertz CT molecular complexity index is 374. The molecule has 5 nitrogen and oxygen atoms in total. The number of hydrogen-bond acceptors (Lipinski definition) is 3. The molecule has 2 aliphatic heterocycles. The number of unbranched alkanes of at least 4 members (excludes halogenated alkanes) is 2. The van der Waals surface area contributed by atoms with E-state index in [9.17, 15) is 0 Å². The molecule has 0 saturated carbocycles. The summed E-state index contributed by atoms with van der Waals surface area (Å²) in [5.41, 5.74) is 0. The van der Waals surface area contributed by atoms with Crippen molar-refractivity contribution in [2.75, 3.05) is 66.0 Å². The fourth-order valence-corrected chi connectivity index (χ4v) is 4.01. The van der Waals surface area contributed by atoms with E-state index in [1.807, 2.05) is 7.05 Å². The van der Waals surface area contributed by atoms with Crippen LogP contribution in [-0.2, 0) is 0 Å². The highest BCUT2D eigenvalue weighted by Gasteiger charge is 2.19. The van der Waals surface area contributed by atoms with E-state index in [1.165, 1.54) is 64.7 Å². The first-order valence-electron chi connectivity index (χ1n) is 10.6. The summed E-state index contributed by atoms with van der Waals surface area (Å²) in [4.78, 5) is 12.1. The van der Waals surface area contributed by atoms with Gasteiger partial charge in [-0.05, 0) is 51.2 Å². The average Bonchev–Trinajstić information content (AvgIpc) is 2.62. The Morgan fingerprint density at radius 2 is 1.58 bits per heavy atom. The van der Waals surface area contributed by atoms with Gasteiger partial charge in [-0.2, -0.15) is 0 Å². The number of hydrogen-bond donors (Lipinski definition) is 1. The van der Waals surface area contributed by atoms with E-state index in [1.54, 1.807) is 0 Å². The summed E-state index contributed by atoms with van der Waals surface area (Å²) in [6.45, 7) is 15.4. The van der Waals surface area contributed by atoms with Crippen LogP contribution in [0.3, 0.4) is 0 Å². The molecule has 2 fully saturated rings. The molecule has 2 rings (SSSR count). The molecule has 0 atom stereocenters. The number of aliphatic imine (C=N–C) groups is 1. The molecule has 1 N–H and O–H groups in total. The van der Waals surface area contributed by atoms with Crippen molar-refractivity contribution in [3.8, 4) is 0 Å². The summed E-state index contributed by atoms with van der Waals surface area (Å²) >= 11 is 0. The van der Waals surface area contributed by atoms with Gasteiger partial charge in [0.15, 0.2) is 5.96 Å². The van der Waals surface area contributed by atoms with Crippen LogP contribution in [0.4, 0.5) is 0 Å². The van der Waals surface area contributed by atoms with Crippen LogP contribution in [0.1, 0.15) is 52.4 Å². The lowest BCUT2D eigenvalue weighted by atomic mass is 10.1. The van der Waals surface area contributed by atoms with Crippen molar-refractivity contribution in [2.24, 2.45) is 10.9 Å². The van der Waals surface area contributed by atoms with Crippen molar-refractivity contribution in [1.82, 2.24) is 20.0 Å². The van der Waals surface area contributed by atoms with Crippen LogP contribution in [0, 0.1) is 5.92 Å². The van der Waals surface area contributed by atoms with Gasteiger partial charge in [0.1, 0.15) is 0 Å². The zero-order valence-corrected chi connectivity index (χ0v) is 19.7. The van der Waals surface area contributed by atoms with Crippen molar-refractivity contribution in [3.63, 3.8) is 0 Å². The molecule has 0 aliphatic carbocycles. The van der Waals surface area contributed by atoms with Gasteiger partial charge in [0.2, 0.25) is 0 Å². The highest BCUT2D eigenvalue weighted by atomic mass is 127. The van der Waals surface area contributed by atoms with Crippen LogP contribution in [0.15, 0.2) is 4.99 Å². The van der Waals surface area contributed by atoms with Gasteiger partial charge < -0.3 is 15.1 Å². The normalized spacial score (nSPS) is 20.3. The van der Waals surface area contributed by atoms with Crippen molar-refractivity contribution >= 4 is 29.9 Å². The van der Waals surface area contributed by atoms with Crippen LogP contribution in [0.2, 0.25) is 0 Å². The molecule has 0 spiro atoms. The maximum absolute atomic E-state index is 4.49. The third-order valence-corrected chi connectivity index (χ3v) is 5.39. The molecule has 0 amide bonds. The predicted octanol–water partition coefficient (Wildman–Crippen LogP) is 3.11. The molecule has 0 bridgehead atoms. The lowest BCUT2D eigenvalue weighted by Crippen LogP contribution is -2.53. The van der Waals surface area contributed by atoms with Gasteiger partial charge in [0, 0.05) is 46.3 Å².